The van der Waals surface area contributed by atoms with Crippen LogP contribution in [-0.4, -0.2) is 23.5 Å². The first-order valence-corrected chi connectivity index (χ1v) is 7.06. The van der Waals surface area contributed by atoms with E-state index in [-0.39, 0.29) is 5.82 Å². The van der Waals surface area contributed by atoms with Crippen LogP contribution in [0.2, 0.25) is 0 Å². The molecule has 0 aliphatic carbocycles. The van der Waals surface area contributed by atoms with E-state index in [9.17, 15) is 4.39 Å². The van der Waals surface area contributed by atoms with Crippen LogP contribution in [0.15, 0.2) is 28.9 Å². The third kappa shape index (κ3) is 2.92. The molecule has 0 bridgehead atoms. The normalized spacial score (nSPS) is 12.7. The Morgan fingerprint density at radius 2 is 2.25 bits per heavy atom. The van der Waals surface area contributed by atoms with Gasteiger partial charge in [-0.2, -0.15) is 5.10 Å². The molecule has 0 saturated heterocycles. The number of hydrogen-bond acceptors (Lipinski definition) is 3. The summed E-state index contributed by atoms with van der Waals surface area (Å²) in [5.74, 6) is -0.272. The molecular weight excluding hydrogens is 325 g/mol. The Labute approximate surface area is 125 Å². The van der Waals surface area contributed by atoms with Crippen molar-refractivity contribution in [1.29, 1.82) is 0 Å². The summed E-state index contributed by atoms with van der Waals surface area (Å²) in [5, 5.41) is 4.24. The lowest BCUT2D eigenvalue weighted by atomic mass is 10.0. The van der Waals surface area contributed by atoms with E-state index in [1.807, 2.05) is 0 Å². The smallest absolute Gasteiger partial charge is 0.131 e. The highest BCUT2D eigenvalue weighted by atomic mass is 79.9. The molecule has 0 fully saturated rings. The molecule has 0 aliphatic rings. The van der Waals surface area contributed by atoms with Gasteiger partial charge in [0.1, 0.15) is 5.82 Å². The Morgan fingerprint density at radius 1 is 1.50 bits per heavy atom. The minimum atomic E-state index is -0.580. The Bertz CT molecular complexity index is 600. The molecule has 1 atom stereocenters. The summed E-state index contributed by atoms with van der Waals surface area (Å²) in [6, 6.07) is 4.65. The Kier molecular flexibility index (Phi) is 4.91. The lowest BCUT2D eigenvalue weighted by molar-refractivity contribution is 0.182. The maximum Gasteiger partial charge on any atom is 0.131 e. The van der Waals surface area contributed by atoms with E-state index in [4.69, 9.17) is 10.5 Å². The first kappa shape index (κ1) is 15.2. The topological polar surface area (TPSA) is 53.1 Å². The van der Waals surface area contributed by atoms with Gasteiger partial charge >= 0.3 is 0 Å². The fourth-order valence-corrected chi connectivity index (χ4v) is 2.64. The van der Waals surface area contributed by atoms with Crippen molar-refractivity contribution in [3.05, 3.63) is 51.5 Å². The molecule has 4 nitrogen and oxygen atoms in total. The van der Waals surface area contributed by atoms with Crippen molar-refractivity contribution in [3.63, 3.8) is 0 Å². The molecule has 1 heterocycles. The van der Waals surface area contributed by atoms with Crippen molar-refractivity contribution in [2.45, 2.75) is 19.5 Å². The SMILES string of the molecule is COCCn1ncc(Br)c1C(N)c1cccc(C)c1F. The van der Waals surface area contributed by atoms with Crippen LogP contribution < -0.4 is 5.73 Å². The highest BCUT2D eigenvalue weighted by molar-refractivity contribution is 9.10. The van der Waals surface area contributed by atoms with E-state index in [1.165, 1.54) is 0 Å². The molecule has 2 rings (SSSR count). The van der Waals surface area contributed by atoms with Crippen LogP contribution in [0.3, 0.4) is 0 Å². The number of aromatic nitrogens is 2. The van der Waals surface area contributed by atoms with Crippen molar-refractivity contribution in [1.82, 2.24) is 9.78 Å². The molecule has 6 heteroatoms. The molecule has 2 N–H and O–H groups in total. The lowest BCUT2D eigenvalue weighted by Gasteiger charge is -2.17. The van der Waals surface area contributed by atoms with Crippen LogP contribution >= 0.6 is 15.9 Å². The number of halogens is 2. The molecule has 0 amide bonds. The van der Waals surface area contributed by atoms with Crippen LogP contribution in [0.4, 0.5) is 4.39 Å². The number of benzene rings is 1. The molecule has 2 aromatic rings. The quantitative estimate of drug-likeness (QED) is 0.909. The number of nitrogens with zero attached hydrogens (tertiary/aromatic N) is 2. The molecule has 0 saturated carbocycles. The maximum absolute atomic E-state index is 14.2. The van der Waals surface area contributed by atoms with Crippen LogP contribution in [0, 0.1) is 12.7 Å². The second-order valence-electron chi connectivity index (χ2n) is 4.55. The van der Waals surface area contributed by atoms with E-state index in [0.29, 0.717) is 24.3 Å². The Balaban J connectivity index is 2.40. The second kappa shape index (κ2) is 6.47. The van der Waals surface area contributed by atoms with Gasteiger partial charge in [-0.25, -0.2) is 4.39 Å². The highest BCUT2D eigenvalue weighted by Gasteiger charge is 2.21. The summed E-state index contributed by atoms with van der Waals surface area (Å²) in [4.78, 5) is 0. The standard InChI is InChI=1S/C14H17BrFN3O/c1-9-4-3-5-10(12(9)16)13(17)14-11(15)8-18-19(14)6-7-20-2/h3-5,8,13H,6-7,17H2,1-2H3. The number of ether oxygens (including phenoxy) is 1. The van der Waals surface area contributed by atoms with E-state index < -0.39 is 6.04 Å². The van der Waals surface area contributed by atoms with Crippen molar-refractivity contribution < 1.29 is 9.13 Å². The predicted molar refractivity (Wildman–Crippen MR) is 79.0 cm³/mol. The number of hydrogen-bond donors (Lipinski definition) is 1. The first-order chi connectivity index (χ1) is 9.56. The van der Waals surface area contributed by atoms with Crippen molar-refractivity contribution >= 4 is 15.9 Å². The zero-order valence-electron chi connectivity index (χ0n) is 11.4. The summed E-state index contributed by atoms with van der Waals surface area (Å²) in [5.41, 5.74) is 8.02. The molecule has 108 valence electrons. The molecule has 0 radical (unpaired) electrons. The minimum Gasteiger partial charge on any atom is -0.383 e. The van der Waals surface area contributed by atoms with Crippen LogP contribution in [0.5, 0.6) is 0 Å². The summed E-state index contributed by atoms with van der Waals surface area (Å²) in [6.45, 7) is 2.81. The van der Waals surface area contributed by atoms with Crippen molar-refractivity contribution in [2.24, 2.45) is 5.73 Å². The van der Waals surface area contributed by atoms with Gasteiger partial charge in [-0.3, -0.25) is 4.68 Å². The number of methoxy groups -OCH3 is 1. The monoisotopic (exact) mass is 341 g/mol. The Morgan fingerprint density at radius 3 is 2.95 bits per heavy atom. The number of rotatable bonds is 5. The first-order valence-electron chi connectivity index (χ1n) is 6.27. The summed E-state index contributed by atoms with van der Waals surface area (Å²) < 4.78 is 21.8. The average Bonchev–Trinajstić information content (AvgIpc) is 2.80. The molecule has 1 aromatic heterocycles. The molecule has 1 aromatic carbocycles. The Hall–Kier alpha value is -1.24. The fourth-order valence-electron chi connectivity index (χ4n) is 2.09. The maximum atomic E-state index is 14.2. The molecule has 0 aliphatic heterocycles. The van der Waals surface area contributed by atoms with Gasteiger partial charge in [-0.15, -0.1) is 0 Å². The van der Waals surface area contributed by atoms with Gasteiger partial charge in [-0.1, -0.05) is 18.2 Å². The molecular formula is C14H17BrFN3O. The molecule has 0 spiro atoms. The van der Waals surface area contributed by atoms with Crippen molar-refractivity contribution in [3.8, 4) is 0 Å². The predicted octanol–water partition coefficient (Wildman–Crippen LogP) is 2.79. The third-order valence-electron chi connectivity index (χ3n) is 3.19. The minimum absolute atomic E-state index is 0.272. The largest absolute Gasteiger partial charge is 0.383 e. The number of aryl methyl sites for hydroxylation is 1. The average molecular weight is 342 g/mol. The zero-order valence-corrected chi connectivity index (χ0v) is 13.0. The van der Waals surface area contributed by atoms with Crippen LogP contribution in [0.25, 0.3) is 0 Å². The van der Waals surface area contributed by atoms with E-state index in [2.05, 4.69) is 21.0 Å². The molecule has 20 heavy (non-hydrogen) atoms. The van der Waals surface area contributed by atoms with Gasteiger partial charge in [0.2, 0.25) is 0 Å². The number of nitrogens with two attached hydrogens (primary N) is 1. The lowest BCUT2D eigenvalue weighted by Crippen LogP contribution is -2.20. The van der Waals surface area contributed by atoms with Crippen molar-refractivity contribution in [2.75, 3.05) is 13.7 Å². The fraction of sp³-hybridized carbons (Fsp3) is 0.357. The van der Waals surface area contributed by atoms with Crippen LogP contribution in [0.1, 0.15) is 22.9 Å². The highest BCUT2D eigenvalue weighted by Crippen LogP contribution is 2.29. The van der Waals surface area contributed by atoms with E-state index in [1.54, 1.807) is 43.1 Å². The third-order valence-corrected chi connectivity index (χ3v) is 3.80. The van der Waals surface area contributed by atoms with Gasteiger partial charge in [-0.05, 0) is 28.4 Å². The van der Waals surface area contributed by atoms with Crippen LogP contribution in [-0.2, 0) is 11.3 Å². The van der Waals surface area contributed by atoms with Gasteiger partial charge in [0, 0.05) is 12.7 Å². The van der Waals surface area contributed by atoms with Gasteiger partial charge in [0.05, 0.1) is 35.6 Å². The van der Waals surface area contributed by atoms with Gasteiger partial charge in [0.15, 0.2) is 0 Å². The van der Waals surface area contributed by atoms with E-state index in [0.717, 1.165) is 10.2 Å². The van der Waals surface area contributed by atoms with E-state index >= 15 is 0 Å². The summed E-state index contributed by atoms with van der Waals surface area (Å²) >= 11 is 3.42. The summed E-state index contributed by atoms with van der Waals surface area (Å²) in [6.07, 6.45) is 1.67. The summed E-state index contributed by atoms with van der Waals surface area (Å²) in [7, 11) is 1.62. The second-order valence-corrected chi connectivity index (χ2v) is 5.40. The molecule has 1 unspecified atom stereocenters. The zero-order chi connectivity index (χ0) is 14.7. The van der Waals surface area contributed by atoms with Gasteiger partial charge < -0.3 is 10.5 Å². The van der Waals surface area contributed by atoms with Gasteiger partial charge in [0.25, 0.3) is 0 Å².